The maximum atomic E-state index is 13.4. The summed E-state index contributed by atoms with van der Waals surface area (Å²) in [5.41, 5.74) is 0.628. The van der Waals surface area contributed by atoms with Crippen molar-refractivity contribution in [2.45, 2.75) is 61.9 Å². The van der Waals surface area contributed by atoms with E-state index >= 15 is 0 Å². The molecular formula is C28H32O14. The van der Waals surface area contributed by atoms with Crippen LogP contribution >= 0.6 is 0 Å². The number of hydrogen-bond donors (Lipinski definition) is 6. The van der Waals surface area contributed by atoms with Gasteiger partial charge in [-0.3, -0.25) is 9.59 Å². The van der Waals surface area contributed by atoms with Crippen molar-refractivity contribution in [3.8, 4) is 11.5 Å². The number of ether oxygens (including phenoxy) is 6. The predicted octanol–water partition coefficient (Wildman–Crippen LogP) is -1.74. The molecule has 0 unspecified atom stereocenters. The number of benzene rings is 2. The van der Waals surface area contributed by atoms with Crippen LogP contribution in [0.2, 0.25) is 0 Å². The minimum atomic E-state index is -1.78. The number of rotatable bonds is 8. The second-order valence-corrected chi connectivity index (χ2v) is 10.2. The molecule has 0 aromatic heterocycles. The van der Waals surface area contributed by atoms with Gasteiger partial charge in [-0.25, -0.2) is 0 Å². The quantitative estimate of drug-likeness (QED) is 0.172. The van der Waals surface area contributed by atoms with Gasteiger partial charge in [0.1, 0.15) is 54.2 Å². The fourth-order valence-corrected chi connectivity index (χ4v) is 5.24. The first-order valence-corrected chi connectivity index (χ1v) is 13.1. The molecule has 6 N–H and O–H groups in total. The van der Waals surface area contributed by atoms with E-state index in [1.165, 1.54) is 26.4 Å². The highest BCUT2D eigenvalue weighted by Gasteiger charge is 2.47. The fraction of sp³-hybridized carbons (Fsp3) is 0.500. The standard InChI is InChI=1S/C28H32O14/c1-37-8-14-16(7-13-18(26(14)38-2)20(31)12-6-4-3-5-11(12)19(13)30)41-28-25(36)23(34)22(33)17(42-28)10-40-27-24(35)21(32)15(29)9-39-27/h3-7,15,17,21-25,27-29,32-36H,8-10H2,1-2H3/t15-,17+,21+,22-,23+,24+,25+,27+,28-/m0/s1. The van der Waals surface area contributed by atoms with Crippen molar-refractivity contribution < 1.29 is 68.6 Å². The van der Waals surface area contributed by atoms with E-state index in [4.69, 9.17) is 28.4 Å². The molecule has 5 rings (SSSR count). The van der Waals surface area contributed by atoms with Crippen molar-refractivity contribution in [1.29, 1.82) is 0 Å². The normalized spacial score (nSPS) is 32.7. The molecule has 3 aliphatic rings. The monoisotopic (exact) mass is 592 g/mol. The molecule has 2 heterocycles. The van der Waals surface area contributed by atoms with Gasteiger partial charge in [0.15, 0.2) is 17.9 Å². The average molecular weight is 593 g/mol. The van der Waals surface area contributed by atoms with Gasteiger partial charge in [0.25, 0.3) is 0 Å². The second-order valence-electron chi connectivity index (χ2n) is 10.2. The molecule has 1 aliphatic carbocycles. The number of fused-ring (bicyclic) bond motifs is 2. The summed E-state index contributed by atoms with van der Waals surface area (Å²) in [7, 11) is 2.70. The summed E-state index contributed by atoms with van der Waals surface area (Å²) in [6.45, 7) is -0.948. The van der Waals surface area contributed by atoms with E-state index in [2.05, 4.69) is 0 Å². The van der Waals surface area contributed by atoms with E-state index in [0.29, 0.717) is 0 Å². The molecule has 2 aromatic rings. The summed E-state index contributed by atoms with van der Waals surface area (Å²) in [4.78, 5) is 26.8. The zero-order valence-electron chi connectivity index (χ0n) is 22.7. The number of aliphatic hydroxyl groups excluding tert-OH is 6. The van der Waals surface area contributed by atoms with E-state index in [1.807, 2.05) is 0 Å². The van der Waals surface area contributed by atoms with E-state index in [1.54, 1.807) is 18.2 Å². The van der Waals surface area contributed by atoms with Gasteiger partial charge in [0, 0.05) is 23.8 Å². The predicted molar refractivity (Wildman–Crippen MR) is 138 cm³/mol. The maximum absolute atomic E-state index is 13.4. The first kappa shape index (κ1) is 30.4. The van der Waals surface area contributed by atoms with Crippen LogP contribution in [0.1, 0.15) is 37.4 Å². The van der Waals surface area contributed by atoms with Crippen LogP contribution in [-0.2, 0) is 25.6 Å². The second kappa shape index (κ2) is 12.3. The van der Waals surface area contributed by atoms with E-state index in [9.17, 15) is 40.2 Å². The van der Waals surface area contributed by atoms with E-state index in [-0.39, 0.29) is 52.5 Å². The Morgan fingerprint density at radius 3 is 2.17 bits per heavy atom. The molecule has 42 heavy (non-hydrogen) atoms. The van der Waals surface area contributed by atoms with Crippen LogP contribution < -0.4 is 9.47 Å². The molecule has 2 saturated heterocycles. The number of ketones is 2. The Morgan fingerprint density at radius 2 is 1.50 bits per heavy atom. The third-order valence-electron chi connectivity index (χ3n) is 7.51. The number of carbonyl (C=O) groups excluding carboxylic acids is 2. The van der Waals surface area contributed by atoms with Crippen LogP contribution in [0, 0.1) is 0 Å². The summed E-state index contributed by atoms with van der Waals surface area (Å²) >= 11 is 0. The molecular weight excluding hydrogens is 560 g/mol. The molecule has 9 atom stereocenters. The summed E-state index contributed by atoms with van der Waals surface area (Å²) < 4.78 is 33.1. The lowest BCUT2D eigenvalue weighted by atomic mass is 9.82. The largest absolute Gasteiger partial charge is 0.495 e. The van der Waals surface area contributed by atoms with Crippen LogP contribution in [0.3, 0.4) is 0 Å². The molecule has 228 valence electrons. The van der Waals surface area contributed by atoms with Gasteiger partial charge in [0.2, 0.25) is 6.29 Å². The minimum Gasteiger partial charge on any atom is -0.495 e. The summed E-state index contributed by atoms with van der Waals surface area (Å²) in [6.07, 6.45) is -14.0. The zero-order valence-corrected chi connectivity index (χ0v) is 22.7. The van der Waals surface area contributed by atoms with E-state index in [0.717, 1.165) is 0 Å². The minimum absolute atomic E-state index is 0.0136. The lowest BCUT2D eigenvalue weighted by Gasteiger charge is -2.41. The number of carbonyl (C=O) groups is 2. The fourth-order valence-electron chi connectivity index (χ4n) is 5.24. The third-order valence-corrected chi connectivity index (χ3v) is 7.51. The average Bonchev–Trinajstić information content (AvgIpc) is 2.99. The van der Waals surface area contributed by atoms with Crippen LogP contribution in [0.25, 0.3) is 0 Å². The van der Waals surface area contributed by atoms with Crippen LogP contribution in [0.15, 0.2) is 30.3 Å². The molecule has 2 aliphatic heterocycles. The Balaban J connectivity index is 1.43. The van der Waals surface area contributed by atoms with E-state index < -0.39 is 73.5 Å². The lowest BCUT2D eigenvalue weighted by Crippen LogP contribution is -2.61. The highest BCUT2D eigenvalue weighted by atomic mass is 16.7. The Labute approximate surface area is 239 Å². The molecule has 0 amide bonds. The number of methoxy groups -OCH3 is 2. The maximum Gasteiger partial charge on any atom is 0.229 e. The Morgan fingerprint density at radius 1 is 0.833 bits per heavy atom. The zero-order chi connectivity index (χ0) is 30.3. The van der Waals surface area contributed by atoms with Gasteiger partial charge in [-0.05, 0) is 6.07 Å². The first-order valence-electron chi connectivity index (χ1n) is 13.1. The van der Waals surface area contributed by atoms with Gasteiger partial charge in [-0.15, -0.1) is 0 Å². The van der Waals surface area contributed by atoms with Crippen molar-refractivity contribution in [3.05, 3.63) is 58.1 Å². The van der Waals surface area contributed by atoms with Gasteiger partial charge < -0.3 is 59.1 Å². The summed E-state index contributed by atoms with van der Waals surface area (Å²) in [5, 5.41) is 61.4. The van der Waals surface area contributed by atoms with Gasteiger partial charge in [0.05, 0.1) is 38.1 Å². The smallest absolute Gasteiger partial charge is 0.229 e. The van der Waals surface area contributed by atoms with Gasteiger partial charge >= 0.3 is 0 Å². The number of aliphatic hydroxyl groups is 6. The Bertz CT molecular complexity index is 1330. The van der Waals surface area contributed by atoms with Crippen LogP contribution in [-0.4, -0.2) is 125 Å². The van der Waals surface area contributed by atoms with Crippen molar-refractivity contribution in [3.63, 3.8) is 0 Å². The van der Waals surface area contributed by atoms with Crippen LogP contribution in [0.4, 0.5) is 0 Å². The SMILES string of the molecule is COCc1c(O[C@H]2O[C@H](CO[C@H]3OC[C@H](O)[C@@H](O)[C@H]3O)[C@H](O)[C@@H](O)[C@H]2O)cc2c(c1OC)C(=O)c1ccccc1C2=O. The van der Waals surface area contributed by atoms with Crippen molar-refractivity contribution in [1.82, 2.24) is 0 Å². The lowest BCUT2D eigenvalue weighted by molar-refractivity contribution is -0.307. The number of hydrogen-bond acceptors (Lipinski definition) is 14. The van der Waals surface area contributed by atoms with Crippen molar-refractivity contribution >= 4 is 11.6 Å². The molecule has 0 saturated carbocycles. The van der Waals surface area contributed by atoms with Gasteiger partial charge in [-0.2, -0.15) is 0 Å². The third kappa shape index (κ3) is 5.31. The molecule has 14 nitrogen and oxygen atoms in total. The molecule has 2 aromatic carbocycles. The Hall–Kier alpha value is -3.02. The van der Waals surface area contributed by atoms with Crippen molar-refractivity contribution in [2.24, 2.45) is 0 Å². The Kier molecular flexibility index (Phi) is 8.91. The molecule has 0 bridgehead atoms. The molecule has 0 spiro atoms. The highest BCUT2D eigenvalue weighted by Crippen LogP contribution is 2.42. The van der Waals surface area contributed by atoms with Crippen molar-refractivity contribution in [2.75, 3.05) is 27.4 Å². The molecule has 2 fully saturated rings. The highest BCUT2D eigenvalue weighted by molar-refractivity contribution is 6.29. The first-order chi connectivity index (χ1) is 20.1. The molecule has 14 heteroatoms. The summed E-state index contributed by atoms with van der Waals surface area (Å²) in [5.74, 6) is -0.927. The molecule has 0 radical (unpaired) electrons. The topological polar surface area (TPSA) is 211 Å². The van der Waals surface area contributed by atoms with Crippen LogP contribution in [0.5, 0.6) is 11.5 Å². The van der Waals surface area contributed by atoms with Gasteiger partial charge in [-0.1, -0.05) is 24.3 Å². The summed E-state index contributed by atoms with van der Waals surface area (Å²) in [6, 6.07) is 7.64.